The van der Waals surface area contributed by atoms with Crippen molar-refractivity contribution < 1.29 is 42.2 Å². The summed E-state index contributed by atoms with van der Waals surface area (Å²) >= 11 is 0. The molecule has 1 unspecified atom stereocenters. The fourth-order valence-corrected chi connectivity index (χ4v) is 2.19. The Kier molecular flexibility index (Phi) is 6.22. The lowest BCUT2D eigenvalue weighted by molar-refractivity contribution is -0.136. The number of methoxy groups -OCH3 is 1. The van der Waals surface area contributed by atoms with Crippen LogP contribution in [0.5, 0.6) is 0 Å². The fraction of sp³-hybridized carbons (Fsp3) is 0.500. The Morgan fingerprint density at radius 1 is 1.29 bits per heavy atom. The van der Waals surface area contributed by atoms with Crippen LogP contribution >= 0.6 is 15.6 Å². The average Bonchev–Trinajstić information content (AvgIpc) is 2.12. The first-order valence-electron chi connectivity index (χ1n) is 4.06. The molecule has 3 N–H and O–H groups in total. The maximum absolute atomic E-state index is 10.9. The molecule has 0 aliphatic carbocycles. The molecule has 1 atom stereocenters. The van der Waals surface area contributed by atoms with Crippen molar-refractivity contribution in [3.05, 3.63) is 11.6 Å². The summed E-state index contributed by atoms with van der Waals surface area (Å²) in [5, 5.41) is 0. The van der Waals surface area contributed by atoms with Crippen LogP contribution in [0.1, 0.15) is 6.92 Å². The smallest absolute Gasteiger partial charge is 0.466 e. The first-order valence-corrected chi connectivity index (χ1v) is 7.09. The maximum atomic E-state index is 10.9. The zero-order chi connectivity index (χ0) is 13.7. The minimum Gasteiger partial charge on any atom is -0.466 e. The molecule has 0 saturated carbocycles. The molecule has 0 aromatic heterocycles. The van der Waals surface area contributed by atoms with Gasteiger partial charge in [-0.15, -0.1) is 0 Å². The summed E-state index contributed by atoms with van der Waals surface area (Å²) in [4.78, 5) is 36.2. The van der Waals surface area contributed by atoms with Crippen molar-refractivity contribution in [2.45, 2.75) is 6.92 Å². The Balaban J connectivity index is 4.34. The van der Waals surface area contributed by atoms with Gasteiger partial charge in [-0.3, -0.25) is 4.52 Å². The predicted molar refractivity (Wildman–Crippen MR) is 54.7 cm³/mol. The zero-order valence-electron chi connectivity index (χ0n) is 8.97. The molecule has 0 fully saturated rings. The predicted octanol–water partition coefficient (Wildman–Crippen LogP) is 0.332. The van der Waals surface area contributed by atoms with E-state index in [1.165, 1.54) is 6.92 Å². The third-order valence-electron chi connectivity index (χ3n) is 1.34. The van der Waals surface area contributed by atoms with E-state index in [4.69, 9.17) is 14.7 Å². The van der Waals surface area contributed by atoms with Crippen LogP contribution in [0.2, 0.25) is 0 Å². The van der Waals surface area contributed by atoms with E-state index >= 15 is 0 Å². The molecule has 9 nitrogen and oxygen atoms in total. The number of esters is 1. The molecule has 0 heterocycles. The number of rotatable bonds is 6. The summed E-state index contributed by atoms with van der Waals surface area (Å²) in [7, 11) is -8.85. The largest absolute Gasteiger partial charge is 0.481 e. The second-order valence-electron chi connectivity index (χ2n) is 2.72. The van der Waals surface area contributed by atoms with Gasteiger partial charge in [0.25, 0.3) is 0 Å². The van der Waals surface area contributed by atoms with Gasteiger partial charge in [-0.05, 0) is 13.0 Å². The van der Waals surface area contributed by atoms with Crippen LogP contribution in [-0.4, -0.2) is 34.4 Å². The third kappa shape index (κ3) is 8.23. The standard InChI is InChI=1S/C6H12O9P2/c1-5(6(7)13-2)3-4-14-17(11,12)15-16(8,9)10/h3H,4H2,1-2H3,(H,11,12)(H2,8,9,10)/b5-3+. The number of phosphoric ester groups is 1. The third-order valence-corrected chi connectivity index (χ3v) is 3.50. The molecule has 0 spiro atoms. The number of carbonyl (C=O) groups is 1. The highest BCUT2D eigenvalue weighted by atomic mass is 31.3. The molecule has 0 aliphatic rings. The van der Waals surface area contributed by atoms with Gasteiger partial charge in [0.05, 0.1) is 13.7 Å². The zero-order valence-corrected chi connectivity index (χ0v) is 10.8. The molecule has 100 valence electrons. The summed E-state index contributed by atoms with van der Waals surface area (Å²) in [5.41, 5.74) is 0.101. The lowest BCUT2D eigenvalue weighted by atomic mass is 10.3. The molecular formula is C6H12O9P2. The first-order chi connectivity index (χ1) is 7.57. The number of phosphoric acid groups is 2. The van der Waals surface area contributed by atoms with Crippen molar-refractivity contribution in [2.75, 3.05) is 13.7 Å². The quantitative estimate of drug-likeness (QED) is 0.358. The van der Waals surface area contributed by atoms with Crippen LogP contribution in [-0.2, 0) is 27.5 Å². The second-order valence-corrected chi connectivity index (χ2v) is 5.54. The van der Waals surface area contributed by atoms with E-state index in [2.05, 4.69) is 13.6 Å². The monoisotopic (exact) mass is 290 g/mol. The van der Waals surface area contributed by atoms with Gasteiger partial charge in [0.15, 0.2) is 0 Å². The Labute approximate surface area is 96.9 Å². The van der Waals surface area contributed by atoms with Crippen molar-refractivity contribution in [1.82, 2.24) is 0 Å². The molecular weight excluding hydrogens is 278 g/mol. The molecule has 0 aromatic rings. The van der Waals surface area contributed by atoms with Gasteiger partial charge in [0, 0.05) is 5.57 Å². The Bertz CT molecular complexity index is 394. The summed E-state index contributed by atoms with van der Waals surface area (Å²) in [6.45, 7) is 0.816. The highest BCUT2D eigenvalue weighted by Gasteiger charge is 2.31. The van der Waals surface area contributed by atoms with E-state index in [9.17, 15) is 13.9 Å². The Hall–Kier alpha value is -0.530. The topological polar surface area (TPSA) is 140 Å². The van der Waals surface area contributed by atoms with Crippen molar-refractivity contribution >= 4 is 21.6 Å². The van der Waals surface area contributed by atoms with Crippen molar-refractivity contribution in [3.63, 3.8) is 0 Å². The minimum atomic E-state index is -5.13. The lowest BCUT2D eigenvalue weighted by Crippen LogP contribution is -2.03. The second kappa shape index (κ2) is 6.42. The average molecular weight is 290 g/mol. The van der Waals surface area contributed by atoms with E-state index in [0.29, 0.717) is 0 Å². The van der Waals surface area contributed by atoms with Crippen LogP contribution < -0.4 is 0 Å². The molecule has 0 radical (unpaired) electrons. The molecule has 0 amide bonds. The number of hydrogen-bond donors (Lipinski definition) is 3. The van der Waals surface area contributed by atoms with E-state index < -0.39 is 28.2 Å². The fourth-order valence-electron chi connectivity index (χ4n) is 0.659. The molecule has 0 bridgehead atoms. The summed E-state index contributed by atoms with van der Waals surface area (Å²) in [5.74, 6) is -0.669. The lowest BCUT2D eigenvalue weighted by Gasteiger charge is -2.11. The number of hydrogen-bond acceptors (Lipinski definition) is 6. The van der Waals surface area contributed by atoms with Gasteiger partial charge >= 0.3 is 21.6 Å². The first kappa shape index (κ1) is 16.5. The highest BCUT2D eigenvalue weighted by Crippen LogP contribution is 2.57. The van der Waals surface area contributed by atoms with Crippen molar-refractivity contribution in [2.24, 2.45) is 0 Å². The number of ether oxygens (including phenoxy) is 1. The Morgan fingerprint density at radius 2 is 1.82 bits per heavy atom. The van der Waals surface area contributed by atoms with Crippen LogP contribution in [0.4, 0.5) is 0 Å². The van der Waals surface area contributed by atoms with Gasteiger partial charge in [-0.25, -0.2) is 13.9 Å². The van der Waals surface area contributed by atoms with Crippen LogP contribution in [0.3, 0.4) is 0 Å². The maximum Gasteiger partial charge on any atom is 0.481 e. The van der Waals surface area contributed by atoms with Gasteiger partial charge in [-0.1, -0.05) is 0 Å². The van der Waals surface area contributed by atoms with E-state index in [1.807, 2.05) is 0 Å². The van der Waals surface area contributed by atoms with Crippen LogP contribution in [0.15, 0.2) is 11.6 Å². The van der Waals surface area contributed by atoms with E-state index in [-0.39, 0.29) is 5.57 Å². The number of carbonyl (C=O) groups excluding carboxylic acids is 1. The van der Waals surface area contributed by atoms with Gasteiger partial charge in [0.2, 0.25) is 0 Å². The Morgan fingerprint density at radius 3 is 2.24 bits per heavy atom. The summed E-state index contributed by atoms with van der Waals surface area (Å²) in [6.07, 6.45) is 1.09. The van der Waals surface area contributed by atoms with Crippen LogP contribution in [0, 0.1) is 0 Å². The van der Waals surface area contributed by atoms with Crippen molar-refractivity contribution in [3.8, 4) is 0 Å². The molecule has 0 aromatic carbocycles. The van der Waals surface area contributed by atoms with Gasteiger partial charge in [-0.2, -0.15) is 4.31 Å². The van der Waals surface area contributed by atoms with Gasteiger partial charge in [0.1, 0.15) is 0 Å². The molecule has 0 aliphatic heterocycles. The highest BCUT2D eigenvalue weighted by molar-refractivity contribution is 7.60. The van der Waals surface area contributed by atoms with E-state index in [0.717, 1.165) is 13.2 Å². The molecule has 0 rings (SSSR count). The minimum absolute atomic E-state index is 0.101. The SMILES string of the molecule is COC(=O)/C(C)=C/COP(=O)(O)OP(=O)(O)O. The molecule has 0 saturated heterocycles. The summed E-state index contributed by atoms with van der Waals surface area (Å²) < 4.78 is 33.2. The van der Waals surface area contributed by atoms with E-state index in [1.54, 1.807) is 0 Å². The molecule has 17 heavy (non-hydrogen) atoms. The molecule has 11 heteroatoms. The van der Waals surface area contributed by atoms with Crippen molar-refractivity contribution in [1.29, 1.82) is 0 Å². The van der Waals surface area contributed by atoms with Crippen LogP contribution in [0.25, 0.3) is 0 Å². The summed E-state index contributed by atoms with van der Waals surface area (Å²) in [6, 6.07) is 0. The normalized spacial score (nSPS) is 16.4. The van der Waals surface area contributed by atoms with Gasteiger partial charge < -0.3 is 19.4 Å².